The van der Waals surface area contributed by atoms with E-state index in [1.807, 2.05) is 0 Å². The van der Waals surface area contributed by atoms with Gasteiger partial charge in [-0.05, 0) is 24.3 Å². The molecule has 0 saturated carbocycles. The van der Waals surface area contributed by atoms with E-state index in [2.05, 4.69) is 14.8 Å². The second-order valence-corrected chi connectivity index (χ2v) is 4.02. The Balaban J connectivity index is 1.96. The highest BCUT2D eigenvalue weighted by Gasteiger charge is 2.11. The topological polar surface area (TPSA) is 60.7 Å². The third-order valence-corrected chi connectivity index (χ3v) is 2.57. The van der Waals surface area contributed by atoms with E-state index in [9.17, 15) is 13.6 Å². The summed E-state index contributed by atoms with van der Waals surface area (Å²) >= 11 is 0. The maximum Gasteiger partial charge on any atom is 0.387 e. The predicted molar refractivity (Wildman–Crippen MR) is 70.4 cm³/mol. The molecule has 0 spiro atoms. The second kappa shape index (κ2) is 6.74. The van der Waals surface area contributed by atoms with Gasteiger partial charge in [-0.15, -0.1) is 0 Å². The number of alkyl halides is 2. The fourth-order valence-electron chi connectivity index (χ4n) is 1.65. The zero-order valence-electron chi connectivity index (χ0n) is 11.1. The normalized spacial score (nSPS) is 10.5. The van der Waals surface area contributed by atoms with Gasteiger partial charge in [0.15, 0.2) is 0 Å². The van der Waals surface area contributed by atoms with E-state index in [0.717, 1.165) is 0 Å². The number of nitrogens with one attached hydrogen (secondary N) is 1. The summed E-state index contributed by atoms with van der Waals surface area (Å²) in [4.78, 5) is 11.2. The van der Waals surface area contributed by atoms with Crippen LogP contribution in [0.1, 0.15) is 16.3 Å². The summed E-state index contributed by atoms with van der Waals surface area (Å²) in [7, 11) is 1.26. The second-order valence-electron chi connectivity index (χ2n) is 4.02. The molecule has 1 aromatic carbocycles. The van der Waals surface area contributed by atoms with Crippen molar-refractivity contribution in [3.05, 3.63) is 47.9 Å². The van der Waals surface area contributed by atoms with Gasteiger partial charge in [-0.25, -0.2) is 4.79 Å². The minimum atomic E-state index is -2.87. The van der Waals surface area contributed by atoms with Gasteiger partial charge in [-0.1, -0.05) is 6.07 Å². The van der Waals surface area contributed by atoms with Crippen molar-refractivity contribution in [3.63, 3.8) is 0 Å². The van der Waals surface area contributed by atoms with Crippen LogP contribution in [0.3, 0.4) is 0 Å². The van der Waals surface area contributed by atoms with Crippen molar-refractivity contribution in [2.24, 2.45) is 0 Å². The Morgan fingerprint density at radius 3 is 2.86 bits per heavy atom. The molecule has 0 aliphatic carbocycles. The van der Waals surface area contributed by atoms with E-state index >= 15 is 0 Å². The minimum absolute atomic E-state index is 0.0599. The highest BCUT2D eigenvalue weighted by atomic mass is 19.3. The molecule has 0 fully saturated rings. The fraction of sp³-hybridized carbons (Fsp3) is 0.214. The Kier molecular flexibility index (Phi) is 4.76. The molecule has 1 aromatic heterocycles. The van der Waals surface area contributed by atoms with Gasteiger partial charge in [-0.2, -0.15) is 8.78 Å². The number of anilines is 1. The summed E-state index contributed by atoms with van der Waals surface area (Å²) < 4.78 is 38.3. The number of benzene rings is 1. The average molecular weight is 297 g/mol. The van der Waals surface area contributed by atoms with Crippen LogP contribution in [-0.2, 0) is 11.3 Å². The molecule has 0 amide bonds. The van der Waals surface area contributed by atoms with Crippen LogP contribution < -0.4 is 10.1 Å². The van der Waals surface area contributed by atoms with Crippen LogP contribution in [0.5, 0.6) is 5.75 Å². The molecule has 7 heteroatoms. The Labute approximate surface area is 119 Å². The van der Waals surface area contributed by atoms with Gasteiger partial charge in [-0.3, -0.25) is 0 Å². The van der Waals surface area contributed by atoms with Crippen molar-refractivity contribution in [2.45, 2.75) is 13.2 Å². The zero-order chi connectivity index (χ0) is 15.2. The molecule has 0 bridgehead atoms. The van der Waals surface area contributed by atoms with Crippen LogP contribution in [0.4, 0.5) is 14.5 Å². The molecule has 112 valence electrons. The Bertz CT molecular complexity index is 613. The van der Waals surface area contributed by atoms with Crippen molar-refractivity contribution in [3.8, 4) is 5.75 Å². The van der Waals surface area contributed by atoms with E-state index in [-0.39, 0.29) is 18.1 Å². The lowest BCUT2D eigenvalue weighted by Gasteiger charge is -2.08. The SMILES string of the molecule is COC(=O)c1ccc(CNc2cccc(OC(F)F)c2)o1. The van der Waals surface area contributed by atoms with Crippen LogP contribution in [-0.4, -0.2) is 19.7 Å². The molecule has 2 rings (SSSR count). The molecule has 1 N–H and O–H groups in total. The van der Waals surface area contributed by atoms with Crippen LogP contribution in [0, 0.1) is 0 Å². The molecule has 2 aromatic rings. The fourth-order valence-corrected chi connectivity index (χ4v) is 1.65. The molecular formula is C14H13F2NO4. The van der Waals surface area contributed by atoms with Crippen LogP contribution in [0.15, 0.2) is 40.8 Å². The Morgan fingerprint density at radius 1 is 1.33 bits per heavy atom. The van der Waals surface area contributed by atoms with Crippen molar-refractivity contribution in [2.75, 3.05) is 12.4 Å². The van der Waals surface area contributed by atoms with E-state index in [1.54, 1.807) is 18.2 Å². The van der Waals surface area contributed by atoms with Gasteiger partial charge >= 0.3 is 12.6 Å². The van der Waals surface area contributed by atoms with Crippen molar-refractivity contribution < 1.29 is 27.5 Å². The Hall–Kier alpha value is -2.57. The molecule has 1 heterocycles. The number of carbonyl (C=O) groups excluding carboxylic acids is 1. The summed E-state index contributed by atoms with van der Waals surface area (Å²) in [6.45, 7) is -2.58. The van der Waals surface area contributed by atoms with Crippen LogP contribution in [0.2, 0.25) is 0 Å². The number of carbonyl (C=O) groups is 1. The van der Waals surface area contributed by atoms with Gasteiger partial charge in [0.2, 0.25) is 5.76 Å². The first-order chi connectivity index (χ1) is 10.1. The molecule has 0 unspecified atom stereocenters. The average Bonchev–Trinajstić information content (AvgIpc) is 2.93. The lowest BCUT2D eigenvalue weighted by Crippen LogP contribution is -2.03. The highest BCUT2D eigenvalue weighted by Crippen LogP contribution is 2.20. The highest BCUT2D eigenvalue weighted by molar-refractivity contribution is 5.86. The maximum absolute atomic E-state index is 12.1. The molecule has 5 nitrogen and oxygen atoms in total. The smallest absolute Gasteiger partial charge is 0.387 e. The Morgan fingerprint density at radius 2 is 2.14 bits per heavy atom. The maximum atomic E-state index is 12.1. The lowest BCUT2D eigenvalue weighted by molar-refractivity contribution is -0.0498. The number of furan rings is 1. The van der Waals surface area contributed by atoms with Crippen LogP contribution in [0.25, 0.3) is 0 Å². The van der Waals surface area contributed by atoms with Crippen molar-refractivity contribution in [1.82, 2.24) is 0 Å². The monoisotopic (exact) mass is 297 g/mol. The van der Waals surface area contributed by atoms with E-state index in [4.69, 9.17) is 4.42 Å². The van der Waals surface area contributed by atoms with Crippen molar-refractivity contribution in [1.29, 1.82) is 0 Å². The number of esters is 1. The third-order valence-electron chi connectivity index (χ3n) is 2.57. The minimum Gasteiger partial charge on any atom is -0.463 e. The summed E-state index contributed by atoms with van der Waals surface area (Å²) in [5.41, 5.74) is 0.587. The first-order valence-corrected chi connectivity index (χ1v) is 6.04. The molecule has 0 radical (unpaired) electrons. The van der Waals surface area contributed by atoms with Gasteiger partial charge in [0, 0.05) is 11.8 Å². The molecule has 21 heavy (non-hydrogen) atoms. The largest absolute Gasteiger partial charge is 0.463 e. The quantitative estimate of drug-likeness (QED) is 0.829. The molecule has 0 aliphatic heterocycles. The number of hydrogen-bond acceptors (Lipinski definition) is 5. The third kappa shape index (κ3) is 4.20. The van der Waals surface area contributed by atoms with Gasteiger partial charge in [0.25, 0.3) is 0 Å². The van der Waals surface area contributed by atoms with Crippen molar-refractivity contribution >= 4 is 11.7 Å². The van der Waals surface area contributed by atoms with E-state index < -0.39 is 12.6 Å². The molecule has 0 atom stereocenters. The molecule has 0 saturated heterocycles. The predicted octanol–water partition coefficient (Wildman–Crippen LogP) is 3.28. The molecular weight excluding hydrogens is 284 g/mol. The number of ether oxygens (including phenoxy) is 2. The summed E-state index contributed by atoms with van der Waals surface area (Å²) in [6.07, 6.45) is 0. The summed E-state index contributed by atoms with van der Waals surface area (Å²) in [6, 6.07) is 9.28. The molecule has 0 aliphatic rings. The number of halogens is 2. The summed E-state index contributed by atoms with van der Waals surface area (Å²) in [5, 5.41) is 2.97. The summed E-state index contributed by atoms with van der Waals surface area (Å²) in [5.74, 6) is 0.109. The first kappa shape index (κ1) is 14.8. The number of hydrogen-bond donors (Lipinski definition) is 1. The number of methoxy groups -OCH3 is 1. The lowest BCUT2D eigenvalue weighted by atomic mass is 10.3. The first-order valence-electron chi connectivity index (χ1n) is 6.04. The van der Waals surface area contributed by atoms with Gasteiger partial charge in [0.1, 0.15) is 11.5 Å². The van der Waals surface area contributed by atoms with E-state index in [0.29, 0.717) is 11.4 Å². The standard InChI is InChI=1S/C14H13F2NO4/c1-19-13(18)12-6-5-11(20-12)8-17-9-3-2-4-10(7-9)21-14(15)16/h2-7,14,17H,8H2,1H3. The van der Waals surface area contributed by atoms with E-state index in [1.165, 1.54) is 25.3 Å². The number of rotatable bonds is 6. The zero-order valence-corrected chi connectivity index (χ0v) is 11.1. The van der Waals surface area contributed by atoms with Gasteiger partial charge in [0.05, 0.1) is 13.7 Å². The van der Waals surface area contributed by atoms with Crippen LogP contribution >= 0.6 is 0 Å². The van der Waals surface area contributed by atoms with Gasteiger partial charge < -0.3 is 19.2 Å².